The summed E-state index contributed by atoms with van der Waals surface area (Å²) >= 11 is 0. The van der Waals surface area contributed by atoms with Crippen molar-refractivity contribution in [3.05, 3.63) is 22.8 Å². The van der Waals surface area contributed by atoms with Crippen LogP contribution < -0.4 is 9.47 Å². The van der Waals surface area contributed by atoms with E-state index in [1.54, 1.807) is 6.07 Å². The van der Waals surface area contributed by atoms with Crippen molar-refractivity contribution in [3.63, 3.8) is 0 Å². The van der Waals surface area contributed by atoms with E-state index in [1.165, 1.54) is 0 Å². The molecule has 2 N–H and O–H groups in total. The highest BCUT2D eigenvalue weighted by Crippen LogP contribution is 2.41. The molecule has 5 heteroatoms. The SMILES string of the molecule is Cc1cc(C(O)C(=O)O)c2c(c1C)OCCO2. The normalized spacial score (nSPS) is 15.5. The summed E-state index contributed by atoms with van der Waals surface area (Å²) in [7, 11) is 0. The number of hydrogen-bond donors (Lipinski definition) is 2. The van der Waals surface area contributed by atoms with Crippen molar-refractivity contribution in [1.29, 1.82) is 0 Å². The van der Waals surface area contributed by atoms with Gasteiger partial charge in [0.05, 0.1) is 0 Å². The molecule has 0 fully saturated rings. The third-order valence-corrected chi connectivity index (χ3v) is 2.88. The predicted octanol–water partition coefficient (Wildman–Crippen LogP) is 1.19. The minimum Gasteiger partial charge on any atom is -0.486 e. The summed E-state index contributed by atoms with van der Waals surface area (Å²) in [6.45, 7) is 4.50. The molecule has 1 aliphatic rings. The standard InChI is InChI=1S/C12H14O5/c1-6-5-8(9(13)12(14)15)11-10(7(6)2)16-3-4-17-11/h5,9,13H,3-4H2,1-2H3,(H,14,15). The van der Waals surface area contributed by atoms with Crippen molar-refractivity contribution < 1.29 is 24.5 Å². The Balaban J connectivity index is 2.59. The van der Waals surface area contributed by atoms with E-state index in [0.717, 1.165) is 11.1 Å². The lowest BCUT2D eigenvalue weighted by atomic mass is 9.99. The molecule has 0 spiro atoms. The zero-order valence-corrected chi connectivity index (χ0v) is 9.69. The lowest BCUT2D eigenvalue weighted by Gasteiger charge is -2.24. The predicted molar refractivity (Wildman–Crippen MR) is 59.5 cm³/mol. The van der Waals surface area contributed by atoms with Crippen molar-refractivity contribution in [2.45, 2.75) is 20.0 Å². The first-order valence-electron chi connectivity index (χ1n) is 5.33. The van der Waals surface area contributed by atoms with E-state index in [-0.39, 0.29) is 5.56 Å². The van der Waals surface area contributed by atoms with Gasteiger partial charge >= 0.3 is 5.97 Å². The van der Waals surface area contributed by atoms with Crippen LogP contribution in [-0.4, -0.2) is 29.4 Å². The van der Waals surface area contributed by atoms with Gasteiger partial charge in [-0.1, -0.05) is 0 Å². The van der Waals surface area contributed by atoms with Crippen LogP contribution in [0.25, 0.3) is 0 Å². The van der Waals surface area contributed by atoms with Crippen LogP contribution in [0.15, 0.2) is 6.07 Å². The Morgan fingerprint density at radius 2 is 1.88 bits per heavy atom. The van der Waals surface area contributed by atoms with Gasteiger partial charge in [-0.15, -0.1) is 0 Å². The Labute approximate surface area is 98.6 Å². The van der Waals surface area contributed by atoms with Crippen LogP contribution in [0.1, 0.15) is 22.8 Å². The van der Waals surface area contributed by atoms with E-state index in [4.69, 9.17) is 14.6 Å². The molecule has 1 heterocycles. The molecule has 0 aliphatic carbocycles. The van der Waals surface area contributed by atoms with E-state index in [2.05, 4.69) is 0 Å². The molecule has 1 aliphatic heterocycles. The van der Waals surface area contributed by atoms with Crippen LogP contribution in [0.3, 0.4) is 0 Å². The lowest BCUT2D eigenvalue weighted by Crippen LogP contribution is -2.20. The molecule has 1 aromatic rings. The maximum Gasteiger partial charge on any atom is 0.337 e. The number of rotatable bonds is 2. The second-order valence-electron chi connectivity index (χ2n) is 4.00. The third-order valence-electron chi connectivity index (χ3n) is 2.88. The number of aliphatic carboxylic acids is 1. The van der Waals surface area contributed by atoms with E-state index in [1.807, 2.05) is 13.8 Å². The monoisotopic (exact) mass is 238 g/mol. The molecular weight excluding hydrogens is 224 g/mol. The van der Waals surface area contributed by atoms with E-state index in [0.29, 0.717) is 24.7 Å². The van der Waals surface area contributed by atoms with E-state index < -0.39 is 12.1 Å². The highest BCUT2D eigenvalue weighted by Gasteiger charge is 2.27. The molecule has 92 valence electrons. The van der Waals surface area contributed by atoms with Gasteiger partial charge in [-0.3, -0.25) is 0 Å². The Hall–Kier alpha value is -1.75. The molecule has 2 rings (SSSR count). The number of carboxylic acid groups (broad SMARTS) is 1. The highest BCUT2D eigenvalue weighted by atomic mass is 16.6. The fraction of sp³-hybridized carbons (Fsp3) is 0.417. The smallest absolute Gasteiger partial charge is 0.337 e. The average Bonchev–Trinajstić information content (AvgIpc) is 2.33. The Morgan fingerprint density at radius 3 is 2.47 bits per heavy atom. The average molecular weight is 238 g/mol. The van der Waals surface area contributed by atoms with Crippen molar-refractivity contribution in [2.75, 3.05) is 13.2 Å². The molecule has 0 saturated carbocycles. The minimum atomic E-state index is -1.59. The highest BCUT2D eigenvalue weighted by molar-refractivity contribution is 5.76. The van der Waals surface area contributed by atoms with Crippen LogP contribution in [0.5, 0.6) is 11.5 Å². The molecule has 0 amide bonds. The maximum absolute atomic E-state index is 10.8. The number of ether oxygens (including phenoxy) is 2. The summed E-state index contributed by atoms with van der Waals surface area (Å²) in [5.74, 6) is -0.426. The number of aliphatic hydroxyl groups excluding tert-OH is 1. The topological polar surface area (TPSA) is 76.0 Å². The zero-order valence-electron chi connectivity index (χ0n) is 9.69. The zero-order chi connectivity index (χ0) is 12.6. The second kappa shape index (κ2) is 4.25. The first-order valence-corrected chi connectivity index (χ1v) is 5.33. The van der Waals surface area contributed by atoms with Crippen molar-refractivity contribution in [2.24, 2.45) is 0 Å². The molecule has 5 nitrogen and oxygen atoms in total. The van der Waals surface area contributed by atoms with Gasteiger partial charge in [0, 0.05) is 5.56 Å². The number of fused-ring (bicyclic) bond motifs is 1. The number of aryl methyl sites for hydroxylation is 1. The van der Waals surface area contributed by atoms with E-state index >= 15 is 0 Å². The van der Waals surface area contributed by atoms with Crippen molar-refractivity contribution in [1.82, 2.24) is 0 Å². The summed E-state index contributed by atoms with van der Waals surface area (Å²) in [4.78, 5) is 10.8. The molecular formula is C12H14O5. The van der Waals surface area contributed by atoms with Gasteiger partial charge in [0.2, 0.25) is 0 Å². The molecule has 1 atom stereocenters. The fourth-order valence-electron chi connectivity index (χ4n) is 1.83. The molecule has 0 radical (unpaired) electrons. The first-order chi connectivity index (χ1) is 8.02. The summed E-state index contributed by atoms with van der Waals surface area (Å²) in [5, 5.41) is 18.5. The van der Waals surface area contributed by atoms with Gasteiger partial charge < -0.3 is 19.7 Å². The summed E-state index contributed by atoms with van der Waals surface area (Å²) in [6, 6.07) is 1.63. The van der Waals surface area contributed by atoms with Crippen molar-refractivity contribution in [3.8, 4) is 11.5 Å². The van der Waals surface area contributed by atoms with Gasteiger partial charge in [0.25, 0.3) is 0 Å². The molecule has 0 aromatic heterocycles. The fourth-order valence-corrected chi connectivity index (χ4v) is 1.83. The maximum atomic E-state index is 10.8. The van der Waals surface area contributed by atoms with Crippen LogP contribution in [0.4, 0.5) is 0 Å². The van der Waals surface area contributed by atoms with E-state index in [9.17, 15) is 9.90 Å². The Bertz CT molecular complexity index is 466. The summed E-state index contributed by atoms with van der Waals surface area (Å²) < 4.78 is 10.9. The number of carboxylic acids is 1. The van der Waals surface area contributed by atoms with Gasteiger partial charge in [0.1, 0.15) is 13.2 Å². The van der Waals surface area contributed by atoms with Crippen LogP contribution in [0, 0.1) is 13.8 Å². The van der Waals surface area contributed by atoms with Gasteiger partial charge in [-0.25, -0.2) is 4.79 Å². The Kier molecular flexibility index (Phi) is 2.93. The number of carbonyl (C=O) groups is 1. The molecule has 1 aromatic carbocycles. The number of hydrogen-bond acceptors (Lipinski definition) is 4. The lowest BCUT2D eigenvalue weighted by molar-refractivity contribution is -0.147. The molecule has 17 heavy (non-hydrogen) atoms. The molecule has 0 saturated heterocycles. The first kappa shape index (κ1) is 11.7. The van der Waals surface area contributed by atoms with Crippen LogP contribution in [0.2, 0.25) is 0 Å². The quantitative estimate of drug-likeness (QED) is 0.809. The minimum absolute atomic E-state index is 0.246. The van der Waals surface area contributed by atoms with Crippen molar-refractivity contribution >= 4 is 5.97 Å². The van der Waals surface area contributed by atoms with Crippen LogP contribution >= 0.6 is 0 Å². The second-order valence-corrected chi connectivity index (χ2v) is 4.00. The molecule has 1 unspecified atom stereocenters. The summed E-state index contributed by atoms with van der Waals surface area (Å²) in [5.41, 5.74) is 2.01. The van der Waals surface area contributed by atoms with Gasteiger partial charge in [-0.05, 0) is 31.0 Å². The number of benzene rings is 1. The third kappa shape index (κ3) is 1.93. The Morgan fingerprint density at radius 1 is 1.29 bits per heavy atom. The summed E-state index contributed by atoms with van der Waals surface area (Å²) in [6.07, 6.45) is -1.59. The van der Waals surface area contributed by atoms with Gasteiger partial charge in [-0.2, -0.15) is 0 Å². The number of aliphatic hydroxyl groups is 1. The largest absolute Gasteiger partial charge is 0.486 e. The van der Waals surface area contributed by atoms with Gasteiger partial charge in [0.15, 0.2) is 17.6 Å². The molecule has 0 bridgehead atoms. The van der Waals surface area contributed by atoms with Crippen LogP contribution in [-0.2, 0) is 4.79 Å².